The SMILES string of the molecule is CCNC(=NCC(C)Cn1cccn1)NCCOCCC(C)C. The summed E-state index contributed by atoms with van der Waals surface area (Å²) in [5.41, 5.74) is 0. The standard InChI is InChI=1S/C17H33N5O/c1-5-18-17(19-9-12-23-11-7-15(2)3)20-13-16(4)14-22-10-6-8-21-22/h6,8,10,15-16H,5,7,9,11-14H2,1-4H3,(H2,18,19,20). The van der Waals surface area contributed by atoms with Gasteiger partial charge >= 0.3 is 0 Å². The molecule has 0 aliphatic heterocycles. The Morgan fingerprint density at radius 1 is 1.26 bits per heavy atom. The monoisotopic (exact) mass is 323 g/mol. The molecule has 132 valence electrons. The zero-order chi connectivity index (χ0) is 16.9. The lowest BCUT2D eigenvalue weighted by Gasteiger charge is -2.14. The van der Waals surface area contributed by atoms with Gasteiger partial charge in [-0.2, -0.15) is 5.10 Å². The van der Waals surface area contributed by atoms with Crippen molar-refractivity contribution in [2.75, 3.05) is 32.8 Å². The summed E-state index contributed by atoms with van der Waals surface area (Å²) in [6.07, 6.45) is 4.90. The molecule has 2 N–H and O–H groups in total. The highest BCUT2D eigenvalue weighted by Crippen LogP contribution is 2.00. The summed E-state index contributed by atoms with van der Waals surface area (Å²) in [5.74, 6) is 1.98. The fourth-order valence-electron chi connectivity index (χ4n) is 2.04. The van der Waals surface area contributed by atoms with Gasteiger partial charge in [0.25, 0.3) is 0 Å². The Bertz CT molecular complexity index is 417. The van der Waals surface area contributed by atoms with Crippen LogP contribution in [-0.4, -0.2) is 48.6 Å². The van der Waals surface area contributed by atoms with Crippen molar-refractivity contribution in [2.24, 2.45) is 16.8 Å². The first kappa shape index (κ1) is 19.5. The van der Waals surface area contributed by atoms with Crippen LogP contribution in [0.5, 0.6) is 0 Å². The van der Waals surface area contributed by atoms with Crippen molar-refractivity contribution in [2.45, 2.75) is 40.7 Å². The average molecular weight is 323 g/mol. The van der Waals surface area contributed by atoms with Crippen LogP contribution in [0.4, 0.5) is 0 Å². The van der Waals surface area contributed by atoms with Crippen LogP contribution in [0.2, 0.25) is 0 Å². The molecule has 0 amide bonds. The van der Waals surface area contributed by atoms with E-state index in [0.29, 0.717) is 18.4 Å². The molecule has 0 spiro atoms. The molecular weight excluding hydrogens is 290 g/mol. The Morgan fingerprint density at radius 3 is 2.74 bits per heavy atom. The number of rotatable bonds is 11. The van der Waals surface area contributed by atoms with Gasteiger partial charge in [0.2, 0.25) is 0 Å². The Morgan fingerprint density at radius 2 is 2.09 bits per heavy atom. The molecule has 0 aromatic carbocycles. The summed E-state index contributed by atoms with van der Waals surface area (Å²) in [7, 11) is 0. The maximum atomic E-state index is 5.61. The number of hydrogen-bond donors (Lipinski definition) is 2. The third-order valence-electron chi connectivity index (χ3n) is 3.34. The minimum Gasteiger partial charge on any atom is -0.380 e. The van der Waals surface area contributed by atoms with E-state index in [0.717, 1.165) is 45.2 Å². The van der Waals surface area contributed by atoms with Crippen molar-refractivity contribution >= 4 is 5.96 Å². The van der Waals surface area contributed by atoms with Crippen LogP contribution < -0.4 is 10.6 Å². The van der Waals surface area contributed by atoms with Gasteiger partial charge in [-0.3, -0.25) is 9.67 Å². The molecule has 0 aliphatic rings. The van der Waals surface area contributed by atoms with Crippen LogP contribution in [0.3, 0.4) is 0 Å². The first-order valence-electron chi connectivity index (χ1n) is 8.69. The number of nitrogens with one attached hydrogen (secondary N) is 2. The van der Waals surface area contributed by atoms with E-state index in [1.165, 1.54) is 0 Å². The van der Waals surface area contributed by atoms with Crippen LogP contribution in [0.25, 0.3) is 0 Å². The number of aromatic nitrogens is 2. The minimum atomic E-state index is 0.438. The molecule has 23 heavy (non-hydrogen) atoms. The highest BCUT2D eigenvalue weighted by molar-refractivity contribution is 5.79. The van der Waals surface area contributed by atoms with E-state index in [2.05, 4.69) is 48.4 Å². The maximum absolute atomic E-state index is 5.61. The van der Waals surface area contributed by atoms with Gasteiger partial charge < -0.3 is 15.4 Å². The lowest BCUT2D eigenvalue weighted by atomic mass is 10.1. The molecule has 1 rings (SSSR count). The van der Waals surface area contributed by atoms with Gasteiger partial charge in [0, 0.05) is 45.2 Å². The summed E-state index contributed by atoms with van der Waals surface area (Å²) < 4.78 is 7.56. The van der Waals surface area contributed by atoms with Crippen molar-refractivity contribution in [3.63, 3.8) is 0 Å². The second-order valence-corrected chi connectivity index (χ2v) is 6.27. The predicted octanol–water partition coefficient (Wildman–Crippen LogP) is 2.14. The Labute approximate surface area is 140 Å². The minimum absolute atomic E-state index is 0.438. The van der Waals surface area contributed by atoms with E-state index in [1.807, 2.05) is 16.9 Å². The summed E-state index contributed by atoms with van der Waals surface area (Å²) in [4.78, 5) is 4.64. The zero-order valence-corrected chi connectivity index (χ0v) is 15.1. The molecule has 1 aromatic heterocycles. The number of aliphatic imine (C=N–C) groups is 1. The second-order valence-electron chi connectivity index (χ2n) is 6.27. The Kier molecular flexibility index (Phi) is 10.1. The Hall–Kier alpha value is -1.56. The van der Waals surface area contributed by atoms with Crippen molar-refractivity contribution in [3.8, 4) is 0 Å². The van der Waals surface area contributed by atoms with E-state index in [-0.39, 0.29) is 0 Å². The molecule has 0 saturated carbocycles. The van der Waals surface area contributed by atoms with Gasteiger partial charge in [-0.05, 0) is 31.2 Å². The molecule has 6 heteroatoms. The van der Waals surface area contributed by atoms with E-state index in [9.17, 15) is 0 Å². The highest BCUT2D eigenvalue weighted by Gasteiger charge is 2.04. The maximum Gasteiger partial charge on any atom is 0.191 e. The van der Waals surface area contributed by atoms with E-state index < -0.39 is 0 Å². The molecule has 1 atom stereocenters. The lowest BCUT2D eigenvalue weighted by molar-refractivity contribution is 0.128. The normalized spacial score (nSPS) is 13.3. The lowest BCUT2D eigenvalue weighted by Crippen LogP contribution is -2.39. The first-order chi connectivity index (χ1) is 11.1. The molecular formula is C17H33N5O. The summed E-state index contributed by atoms with van der Waals surface area (Å²) in [6.45, 7) is 13.5. The third-order valence-corrected chi connectivity index (χ3v) is 3.34. The summed E-state index contributed by atoms with van der Waals surface area (Å²) >= 11 is 0. The number of guanidine groups is 1. The second kappa shape index (κ2) is 11.9. The van der Waals surface area contributed by atoms with Crippen molar-refractivity contribution in [1.29, 1.82) is 0 Å². The molecule has 0 fully saturated rings. The van der Waals surface area contributed by atoms with Gasteiger partial charge in [0.05, 0.1) is 6.61 Å². The van der Waals surface area contributed by atoms with Gasteiger partial charge in [-0.15, -0.1) is 0 Å². The fraction of sp³-hybridized carbons (Fsp3) is 0.765. The molecule has 6 nitrogen and oxygen atoms in total. The van der Waals surface area contributed by atoms with Crippen molar-refractivity contribution < 1.29 is 4.74 Å². The van der Waals surface area contributed by atoms with Crippen molar-refractivity contribution in [1.82, 2.24) is 20.4 Å². The molecule has 1 heterocycles. The van der Waals surface area contributed by atoms with Gasteiger partial charge in [0.1, 0.15) is 0 Å². The van der Waals surface area contributed by atoms with Crippen LogP contribution in [0.1, 0.15) is 34.1 Å². The summed E-state index contributed by atoms with van der Waals surface area (Å²) in [6, 6.07) is 1.95. The van der Waals surface area contributed by atoms with E-state index in [4.69, 9.17) is 4.74 Å². The van der Waals surface area contributed by atoms with Crippen LogP contribution >= 0.6 is 0 Å². The molecule has 0 saturated heterocycles. The van der Waals surface area contributed by atoms with Gasteiger partial charge in [0.15, 0.2) is 5.96 Å². The smallest absolute Gasteiger partial charge is 0.191 e. The van der Waals surface area contributed by atoms with E-state index >= 15 is 0 Å². The van der Waals surface area contributed by atoms with Gasteiger partial charge in [-0.1, -0.05) is 20.8 Å². The van der Waals surface area contributed by atoms with Gasteiger partial charge in [-0.25, -0.2) is 0 Å². The zero-order valence-electron chi connectivity index (χ0n) is 15.1. The topological polar surface area (TPSA) is 63.5 Å². The predicted molar refractivity (Wildman–Crippen MR) is 95.6 cm³/mol. The molecule has 1 aromatic rings. The molecule has 0 bridgehead atoms. The van der Waals surface area contributed by atoms with E-state index in [1.54, 1.807) is 6.20 Å². The van der Waals surface area contributed by atoms with Crippen LogP contribution in [0, 0.1) is 11.8 Å². The number of nitrogens with zero attached hydrogens (tertiary/aromatic N) is 3. The molecule has 1 unspecified atom stereocenters. The molecule has 0 radical (unpaired) electrons. The Balaban J connectivity index is 2.23. The van der Waals surface area contributed by atoms with Crippen molar-refractivity contribution in [3.05, 3.63) is 18.5 Å². The third kappa shape index (κ3) is 9.94. The average Bonchev–Trinajstić information content (AvgIpc) is 3.00. The fourth-order valence-corrected chi connectivity index (χ4v) is 2.04. The van der Waals surface area contributed by atoms with Crippen LogP contribution in [0.15, 0.2) is 23.5 Å². The first-order valence-corrected chi connectivity index (χ1v) is 8.69. The number of hydrogen-bond acceptors (Lipinski definition) is 3. The largest absolute Gasteiger partial charge is 0.380 e. The quantitative estimate of drug-likeness (QED) is 0.372. The van der Waals surface area contributed by atoms with Crippen LogP contribution in [-0.2, 0) is 11.3 Å². The number of ether oxygens (including phenoxy) is 1. The summed E-state index contributed by atoms with van der Waals surface area (Å²) in [5, 5.41) is 10.8. The highest BCUT2D eigenvalue weighted by atomic mass is 16.5. The molecule has 0 aliphatic carbocycles.